The Morgan fingerprint density at radius 3 is 3.00 bits per heavy atom. The first-order valence-electron chi connectivity index (χ1n) is 5.12. The van der Waals surface area contributed by atoms with Crippen LogP contribution in [0.2, 0.25) is 0 Å². The third kappa shape index (κ3) is 2.26. The van der Waals surface area contributed by atoms with Crippen LogP contribution in [0.15, 0.2) is 18.5 Å². The predicted octanol–water partition coefficient (Wildman–Crippen LogP) is 1.32. The van der Waals surface area contributed by atoms with E-state index < -0.39 is 0 Å². The Balaban J connectivity index is 2.04. The van der Waals surface area contributed by atoms with E-state index in [0.29, 0.717) is 5.92 Å². The van der Waals surface area contributed by atoms with Crippen molar-refractivity contribution < 1.29 is 9.90 Å². The van der Waals surface area contributed by atoms with Gasteiger partial charge in [-0.3, -0.25) is 9.78 Å². The number of hydrogen-bond donors (Lipinski definition) is 2. The minimum atomic E-state index is -0.227. The van der Waals surface area contributed by atoms with E-state index in [1.54, 1.807) is 0 Å². The Morgan fingerprint density at radius 2 is 2.40 bits per heavy atom. The van der Waals surface area contributed by atoms with Crippen LogP contribution in [0.5, 0.6) is 5.75 Å². The monoisotopic (exact) mass is 206 g/mol. The van der Waals surface area contributed by atoms with Gasteiger partial charge in [0, 0.05) is 12.2 Å². The molecule has 2 N–H and O–H groups in total. The van der Waals surface area contributed by atoms with E-state index in [4.69, 9.17) is 0 Å². The maximum absolute atomic E-state index is 11.7. The Labute approximate surface area is 88.3 Å². The summed E-state index contributed by atoms with van der Waals surface area (Å²) in [5.41, 5.74) is 0.289. The minimum absolute atomic E-state index is 0.0713. The zero-order chi connectivity index (χ0) is 10.8. The van der Waals surface area contributed by atoms with Crippen molar-refractivity contribution in [1.29, 1.82) is 0 Å². The smallest absolute Gasteiger partial charge is 0.255 e. The molecule has 1 unspecified atom stereocenters. The number of aromatic nitrogens is 1. The molecule has 1 aromatic heterocycles. The van der Waals surface area contributed by atoms with E-state index in [2.05, 4.69) is 10.3 Å². The lowest BCUT2D eigenvalue weighted by atomic mass is 10.2. The number of pyridine rings is 1. The summed E-state index contributed by atoms with van der Waals surface area (Å²) in [4.78, 5) is 15.4. The van der Waals surface area contributed by atoms with Crippen molar-refractivity contribution in [3.63, 3.8) is 0 Å². The first-order chi connectivity index (χ1) is 7.18. The van der Waals surface area contributed by atoms with Gasteiger partial charge in [0.05, 0.1) is 11.8 Å². The summed E-state index contributed by atoms with van der Waals surface area (Å²) in [5.74, 6) is 0.310. The number of hydrogen-bond acceptors (Lipinski definition) is 3. The number of nitrogens with zero attached hydrogens (tertiary/aromatic N) is 1. The summed E-state index contributed by atoms with van der Waals surface area (Å²) >= 11 is 0. The molecule has 1 saturated carbocycles. The third-order valence-corrected chi connectivity index (χ3v) is 2.73. The van der Waals surface area contributed by atoms with Crippen LogP contribution in [-0.4, -0.2) is 22.0 Å². The largest absolute Gasteiger partial charge is 0.505 e. The van der Waals surface area contributed by atoms with Gasteiger partial charge in [-0.15, -0.1) is 0 Å². The zero-order valence-electron chi connectivity index (χ0n) is 8.60. The highest BCUT2D eigenvalue weighted by Crippen LogP contribution is 2.32. The average Bonchev–Trinajstić information content (AvgIpc) is 3.01. The molecule has 1 aromatic rings. The van der Waals surface area contributed by atoms with Gasteiger partial charge in [-0.05, 0) is 31.7 Å². The molecule has 0 aliphatic heterocycles. The van der Waals surface area contributed by atoms with Crippen molar-refractivity contribution in [1.82, 2.24) is 10.3 Å². The second-order valence-corrected chi connectivity index (χ2v) is 3.99. The van der Waals surface area contributed by atoms with Crippen LogP contribution in [0, 0.1) is 5.92 Å². The van der Waals surface area contributed by atoms with Gasteiger partial charge in [0.1, 0.15) is 5.75 Å². The lowest BCUT2D eigenvalue weighted by Gasteiger charge is -2.12. The third-order valence-electron chi connectivity index (χ3n) is 2.73. The molecule has 1 heterocycles. The number of aromatic hydroxyl groups is 1. The maximum Gasteiger partial charge on any atom is 0.255 e. The predicted molar refractivity (Wildman–Crippen MR) is 55.6 cm³/mol. The topological polar surface area (TPSA) is 62.2 Å². The van der Waals surface area contributed by atoms with E-state index in [0.717, 1.165) is 0 Å². The lowest BCUT2D eigenvalue weighted by molar-refractivity contribution is 0.0933. The van der Waals surface area contributed by atoms with Crippen molar-refractivity contribution in [2.45, 2.75) is 25.8 Å². The fraction of sp³-hybridized carbons (Fsp3) is 0.455. The molecule has 1 atom stereocenters. The second-order valence-electron chi connectivity index (χ2n) is 3.99. The van der Waals surface area contributed by atoms with Crippen LogP contribution in [0.4, 0.5) is 0 Å². The van der Waals surface area contributed by atoms with Gasteiger partial charge >= 0.3 is 0 Å². The summed E-state index contributed by atoms with van der Waals surface area (Å²) in [7, 11) is 0. The van der Waals surface area contributed by atoms with Crippen molar-refractivity contribution in [3.05, 3.63) is 24.0 Å². The van der Waals surface area contributed by atoms with Crippen LogP contribution >= 0.6 is 0 Å². The van der Waals surface area contributed by atoms with E-state index in [1.807, 2.05) is 6.92 Å². The molecule has 2 rings (SSSR count). The number of nitrogens with one attached hydrogen (secondary N) is 1. The first-order valence-corrected chi connectivity index (χ1v) is 5.12. The fourth-order valence-corrected chi connectivity index (χ4v) is 1.58. The molecule has 80 valence electrons. The average molecular weight is 206 g/mol. The van der Waals surface area contributed by atoms with Gasteiger partial charge in [-0.25, -0.2) is 0 Å². The maximum atomic E-state index is 11.7. The van der Waals surface area contributed by atoms with E-state index in [-0.39, 0.29) is 23.3 Å². The van der Waals surface area contributed by atoms with Crippen LogP contribution < -0.4 is 5.32 Å². The van der Waals surface area contributed by atoms with Crippen LogP contribution in [0.3, 0.4) is 0 Å². The quantitative estimate of drug-likeness (QED) is 0.784. The van der Waals surface area contributed by atoms with Crippen molar-refractivity contribution in [3.8, 4) is 5.75 Å². The number of rotatable bonds is 3. The highest BCUT2D eigenvalue weighted by molar-refractivity contribution is 5.96. The molecule has 0 bridgehead atoms. The first kappa shape index (κ1) is 9.96. The number of amides is 1. The Morgan fingerprint density at radius 1 is 1.67 bits per heavy atom. The molecule has 15 heavy (non-hydrogen) atoms. The van der Waals surface area contributed by atoms with Gasteiger partial charge in [0.25, 0.3) is 5.91 Å². The van der Waals surface area contributed by atoms with Gasteiger partial charge in [-0.1, -0.05) is 0 Å². The van der Waals surface area contributed by atoms with Gasteiger partial charge in [-0.2, -0.15) is 0 Å². The summed E-state index contributed by atoms with van der Waals surface area (Å²) in [6.45, 7) is 1.99. The zero-order valence-corrected chi connectivity index (χ0v) is 8.60. The van der Waals surface area contributed by atoms with Crippen molar-refractivity contribution in [2.24, 2.45) is 5.92 Å². The van der Waals surface area contributed by atoms with E-state index in [1.165, 1.54) is 31.3 Å². The normalized spacial score (nSPS) is 17.1. The molecule has 0 radical (unpaired) electrons. The summed E-state index contributed by atoms with van der Waals surface area (Å²) in [5, 5.41) is 12.3. The fourth-order valence-electron chi connectivity index (χ4n) is 1.58. The Kier molecular flexibility index (Phi) is 2.58. The SMILES string of the molecule is CC(NC(=O)c1ccncc1O)C1CC1. The van der Waals surface area contributed by atoms with Crippen LogP contribution in [0.25, 0.3) is 0 Å². The van der Waals surface area contributed by atoms with Gasteiger partial charge < -0.3 is 10.4 Å². The molecule has 4 nitrogen and oxygen atoms in total. The molecule has 1 aliphatic carbocycles. The van der Waals surface area contributed by atoms with Gasteiger partial charge in [0.15, 0.2) is 0 Å². The molecule has 1 amide bonds. The highest BCUT2D eigenvalue weighted by atomic mass is 16.3. The summed E-state index contributed by atoms with van der Waals surface area (Å²) in [6.07, 6.45) is 5.14. The Bertz CT molecular complexity index is 375. The standard InChI is InChI=1S/C11H14N2O2/c1-7(8-2-3-8)13-11(15)9-4-5-12-6-10(9)14/h4-8,14H,2-3H2,1H3,(H,13,15). The highest BCUT2D eigenvalue weighted by Gasteiger charge is 2.29. The molecule has 0 spiro atoms. The lowest BCUT2D eigenvalue weighted by Crippen LogP contribution is -2.34. The van der Waals surface area contributed by atoms with Crippen molar-refractivity contribution in [2.75, 3.05) is 0 Å². The molecule has 1 aliphatic rings. The molecule has 4 heteroatoms. The summed E-state index contributed by atoms with van der Waals surface area (Å²) in [6, 6.07) is 1.70. The van der Waals surface area contributed by atoms with Crippen LogP contribution in [-0.2, 0) is 0 Å². The van der Waals surface area contributed by atoms with Gasteiger partial charge in [0.2, 0.25) is 0 Å². The molecular formula is C11H14N2O2. The number of carbonyl (C=O) groups is 1. The van der Waals surface area contributed by atoms with Crippen molar-refractivity contribution >= 4 is 5.91 Å². The molecular weight excluding hydrogens is 192 g/mol. The Hall–Kier alpha value is -1.58. The molecule has 1 fully saturated rings. The summed E-state index contributed by atoms with van der Waals surface area (Å²) < 4.78 is 0. The molecule has 0 saturated heterocycles. The molecule has 0 aromatic carbocycles. The van der Waals surface area contributed by atoms with Crippen LogP contribution in [0.1, 0.15) is 30.1 Å². The van der Waals surface area contributed by atoms with E-state index >= 15 is 0 Å². The second kappa shape index (κ2) is 3.88. The minimum Gasteiger partial charge on any atom is -0.505 e. The van der Waals surface area contributed by atoms with E-state index in [9.17, 15) is 9.90 Å². The number of carbonyl (C=O) groups excluding carboxylic acids is 1.